The van der Waals surface area contributed by atoms with Gasteiger partial charge in [0.15, 0.2) is 0 Å². The molecular formula is C25H25FN4O2. The van der Waals surface area contributed by atoms with E-state index >= 15 is 0 Å². The van der Waals surface area contributed by atoms with Crippen molar-refractivity contribution < 1.29 is 13.9 Å². The smallest absolute Gasteiger partial charge is 0.251 e. The number of amides is 1. The lowest BCUT2D eigenvalue weighted by atomic mass is 10.1. The van der Waals surface area contributed by atoms with Crippen LogP contribution in [0.3, 0.4) is 0 Å². The van der Waals surface area contributed by atoms with Gasteiger partial charge in [0.05, 0.1) is 23.5 Å². The maximum atomic E-state index is 13.3. The number of aryl methyl sites for hydroxylation is 2. The second-order valence-electron chi connectivity index (χ2n) is 7.53. The average molecular weight is 432 g/mol. The van der Waals surface area contributed by atoms with Crippen molar-refractivity contribution in [2.75, 3.05) is 13.2 Å². The number of hydrogen-bond acceptors (Lipinski definition) is 4. The number of nitrogens with zero attached hydrogens (tertiary/aromatic N) is 2. The van der Waals surface area contributed by atoms with Gasteiger partial charge in [0.25, 0.3) is 5.91 Å². The van der Waals surface area contributed by atoms with Gasteiger partial charge in [0.1, 0.15) is 11.6 Å². The van der Waals surface area contributed by atoms with Crippen LogP contribution in [0.4, 0.5) is 4.39 Å². The van der Waals surface area contributed by atoms with Gasteiger partial charge in [-0.1, -0.05) is 0 Å². The fourth-order valence-corrected chi connectivity index (χ4v) is 3.60. The number of aromatic nitrogens is 3. The summed E-state index contributed by atoms with van der Waals surface area (Å²) in [6.07, 6.45) is 3.56. The zero-order valence-corrected chi connectivity index (χ0v) is 18.1. The molecule has 2 aromatic heterocycles. The first kappa shape index (κ1) is 21.5. The molecule has 4 aromatic rings. The molecule has 32 heavy (non-hydrogen) atoms. The van der Waals surface area contributed by atoms with E-state index in [1.54, 1.807) is 24.3 Å². The Labute approximate surface area is 185 Å². The predicted octanol–water partition coefficient (Wildman–Crippen LogP) is 4.83. The third-order valence-electron chi connectivity index (χ3n) is 5.32. The van der Waals surface area contributed by atoms with Crippen molar-refractivity contribution in [1.29, 1.82) is 0 Å². The Morgan fingerprint density at radius 3 is 2.69 bits per heavy atom. The van der Waals surface area contributed by atoms with Crippen LogP contribution >= 0.6 is 0 Å². The predicted molar refractivity (Wildman–Crippen MR) is 122 cm³/mol. The summed E-state index contributed by atoms with van der Waals surface area (Å²) >= 11 is 0. The number of fused-ring (bicyclic) bond motifs is 1. The van der Waals surface area contributed by atoms with Crippen LogP contribution in [-0.2, 0) is 6.42 Å². The Balaban J connectivity index is 1.54. The van der Waals surface area contributed by atoms with Crippen molar-refractivity contribution in [2.45, 2.75) is 26.7 Å². The van der Waals surface area contributed by atoms with Crippen LogP contribution in [0.2, 0.25) is 0 Å². The average Bonchev–Trinajstić information content (AvgIpc) is 3.21. The highest BCUT2D eigenvalue weighted by Gasteiger charge is 2.12. The standard InChI is InChI=1S/C25H25FN4O2/c1-3-32-24-14-22(17-6-9-20(26)10-7-17)29-23-13-18(8-11-21(23)24)25(31)27-12-4-5-19-15-28-30-16(19)2/h6-11,13-15H,3-5,12H2,1-2H3,(H,27,31)(H,28,30). The summed E-state index contributed by atoms with van der Waals surface area (Å²) in [6.45, 7) is 4.94. The van der Waals surface area contributed by atoms with Gasteiger partial charge in [0.2, 0.25) is 0 Å². The Kier molecular flexibility index (Phi) is 6.44. The highest BCUT2D eigenvalue weighted by Crippen LogP contribution is 2.31. The molecule has 2 N–H and O–H groups in total. The Hall–Kier alpha value is -3.74. The van der Waals surface area contributed by atoms with E-state index in [4.69, 9.17) is 9.72 Å². The number of carbonyl (C=O) groups excluding carboxylic acids is 1. The number of hydrogen-bond donors (Lipinski definition) is 2. The van der Waals surface area contributed by atoms with Crippen molar-refractivity contribution in [2.24, 2.45) is 0 Å². The largest absolute Gasteiger partial charge is 0.493 e. The molecule has 4 rings (SSSR count). The fourth-order valence-electron chi connectivity index (χ4n) is 3.60. The van der Waals surface area contributed by atoms with Gasteiger partial charge in [-0.3, -0.25) is 9.89 Å². The van der Waals surface area contributed by atoms with E-state index in [2.05, 4.69) is 15.5 Å². The molecule has 0 spiro atoms. The lowest BCUT2D eigenvalue weighted by Gasteiger charge is -2.12. The van der Waals surface area contributed by atoms with Gasteiger partial charge in [-0.15, -0.1) is 0 Å². The van der Waals surface area contributed by atoms with E-state index in [0.717, 1.165) is 35.0 Å². The SMILES string of the molecule is CCOc1cc(-c2ccc(F)cc2)nc2cc(C(=O)NCCCc3c[nH]nc3C)ccc12. The van der Waals surface area contributed by atoms with Gasteiger partial charge in [-0.05, 0) is 74.7 Å². The molecule has 0 aliphatic heterocycles. The van der Waals surface area contributed by atoms with Crippen molar-refractivity contribution in [3.63, 3.8) is 0 Å². The molecule has 0 saturated heterocycles. The molecular weight excluding hydrogens is 407 g/mol. The monoisotopic (exact) mass is 432 g/mol. The minimum absolute atomic E-state index is 0.150. The van der Waals surface area contributed by atoms with Crippen LogP contribution in [0, 0.1) is 12.7 Å². The van der Waals surface area contributed by atoms with Gasteiger partial charge < -0.3 is 10.1 Å². The summed E-state index contributed by atoms with van der Waals surface area (Å²) in [4.78, 5) is 17.4. The third-order valence-corrected chi connectivity index (χ3v) is 5.32. The second kappa shape index (κ2) is 9.60. The lowest BCUT2D eigenvalue weighted by molar-refractivity contribution is 0.0953. The van der Waals surface area contributed by atoms with Crippen LogP contribution in [0.15, 0.2) is 54.7 Å². The molecule has 0 aliphatic rings. The van der Waals surface area contributed by atoms with Gasteiger partial charge >= 0.3 is 0 Å². The molecule has 0 unspecified atom stereocenters. The summed E-state index contributed by atoms with van der Waals surface area (Å²) in [5.74, 6) is 0.225. The number of carbonyl (C=O) groups is 1. The zero-order valence-electron chi connectivity index (χ0n) is 18.1. The maximum absolute atomic E-state index is 13.3. The number of ether oxygens (including phenoxy) is 1. The summed E-state index contributed by atoms with van der Waals surface area (Å²) in [6, 6.07) is 13.4. The quantitative estimate of drug-likeness (QED) is 0.391. The van der Waals surface area contributed by atoms with Gasteiger partial charge in [0, 0.05) is 35.3 Å². The molecule has 0 aliphatic carbocycles. The molecule has 7 heteroatoms. The van der Waals surface area contributed by atoms with E-state index in [0.29, 0.717) is 35.7 Å². The lowest BCUT2D eigenvalue weighted by Crippen LogP contribution is -2.24. The minimum atomic E-state index is -0.304. The first-order valence-electron chi connectivity index (χ1n) is 10.7. The molecule has 0 fully saturated rings. The van der Waals surface area contributed by atoms with Crippen molar-refractivity contribution in [1.82, 2.24) is 20.5 Å². The number of H-pyrrole nitrogens is 1. The summed E-state index contributed by atoms with van der Waals surface area (Å²) in [7, 11) is 0. The topological polar surface area (TPSA) is 79.9 Å². The maximum Gasteiger partial charge on any atom is 0.251 e. The Morgan fingerprint density at radius 1 is 1.16 bits per heavy atom. The fraction of sp³-hybridized carbons (Fsp3) is 0.240. The zero-order chi connectivity index (χ0) is 22.5. The Morgan fingerprint density at radius 2 is 1.97 bits per heavy atom. The van der Waals surface area contributed by atoms with E-state index in [1.807, 2.05) is 32.2 Å². The van der Waals surface area contributed by atoms with Crippen LogP contribution in [0.5, 0.6) is 5.75 Å². The number of rotatable bonds is 8. The number of aromatic amines is 1. The van der Waals surface area contributed by atoms with E-state index in [-0.39, 0.29) is 11.7 Å². The second-order valence-corrected chi connectivity index (χ2v) is 7.53. The van der Waals surface area contributed by atoms with Crippen LogP contribution < -0.4 is 10.1 Å². The molecule has 2 heterocycles. The molecule has 0 bridgehead atoms. The molecule has 0 atom stereocenters. The highest BCUT2D eigenvalue weighted by molar-refractivity contribution is 5.99. The third kappa shape index (κ3) is 4.77. The number of benzene rings is 2. The molecule has 164 valence electrons. The van der Waals surface area contributed by atoms with E-state index in [1.165, 1.54) is 12.1 Å². The van der Waals surface area contributed by atoms with Crippen molar-refractivity contribution >= 4 is 16.8 Å². The van der Waals surface area contributed by atoms with Crippen molar-refractivity contribution in [3.8, 4) is 17.0 Å². The first-order valence-corrected chi connectivity index (χ1v) is 10.7. The highest BCUT2D eigenvalue weighted by atomic mass is 19.1. The summed E-state index contributed by atoms with van der Waals surface area (Å²) in [5, 5.41) is 10.8. The van der Waals surface area contributed by atoms with Crippen LogP contribution in [0.1, 0.15) is 35.0 Å². The van der Waals surface area contributed by atoms with E-state index in [9.17, 15) is 9.18 Å². The summed E-state index contributed by atoms with van der Waals surface area (Å²) < 4.78 is 19.1. The molecule has 6 nitrogen and oxygen atoms in total. The Bertz CT molecular complexity index is 1230. The normalized spacial score (nSPS) is 11.0. The minimum Gasteiger partial charge on any atom is -0.493 e. The molecule has 1 amide bonds. The number of nitrogens with one attached hydrogen (secondary N) is 2. The number of pyridine rings is 1. The van der Waals surface area contributed by atoms with Gasteiger partial charge in [-0.2, -0.15) is 5.10 Å². The van der Waals surface area contributed by atoms with Crippen LogP contribution in [0.25, 0.3) is 22.2 Å². The first-order chi connectivity index (χ1) is 15.5. The van der Waals surface area contributed by atoms with E-state index < -0.39 is 0 Å². The van der Waals surface area contributed by atoms with Crippen molar-refractivity contribution in [3.05, 3.63) is 77.4 Å². The van der Waals surface area contributed by atoms with Gasteiger partial charge in [-0.25, -0.2) is 9.37 Å². The molecule has 0 saturated carbocycles. The number of halogens is 1. The molecule has 0 radical (unpaired) electrons. The molecule has 2 aromatic carbocycles. The summed E-state index contributed by atoms with van der Waals surface area (Å²) in [5.41, 5.74) is 4.76. The van der Waals surface area contributed by atoms with Crippen LogP contribution in [-0.4, -0.2) is 34.2 Å².